The number of aromatic nitrogens is 3. The lowest BCUT2D eigenvalue weighted by molar-refractivity contribution is 0.145. The van der Waals surface area contributed by atoms with Gasteiger partial charge in [-0.25, -0.2) is 9.38 Å². The van der Waals surface area contributed by atoms with Crippen LogP contribution in [-0.4, -0.2) is 52.4 Å². The van der Waals surface area contributed by atoms with Crippen LogP contribution in [-0.2, 0) is 24.9 Å². The van der Waals surface area contributed by atoms with Gasteiger partial charge in [-0.05, 0) is 38.0 Å². The van der Waals surface area contributed by atoms with Crippen LogP contribution in [0.1, 0.15) is 30.6 Å². The quantitative estimate of drug-likeness (QED) is 0.246. The van der Waals surface area contributed by atoms with E-state index in [0.717, 1.165) is 36.1 Å². The summed E-state index contributed by atoms with van der Waals surface area (Å²) in [4.78, 5) is 6.65. The van der Waals surface area contributed by atoms with Crippen molar-refractivity contribution in [1.29, 1.82) is 0 Å². The largest absolute Gasteiger partial charge is 0.382 e. The number of hydrogen-bond acceptors (Lipinski definition) is 4. The van der Waals surface area contributed by atoms with Gasteiger partial charge in [-0.3, -0.25) is 0 Å². The maximum Gasteiger partial charge on any atom is 0.194 e. The number of ether oxygens (including phenoxy) is 1. The van der Waals surface area contributed by atoms with Crippen LogP contribution < -0.4 is 5.32 Å². The Bertz CT molecular complexity index is 752. The summed E-state index contributed by atoms with van der Waals surface area (Å²) in [5.41, 5.74) is 0.885. The van der Waals surface area contributed by atoms with Gasteiger partial charge in [0.25, 0.3) is 0 Å². The molecule has 0 amide bonds. The number of aliphatic imine (C=N–C) groups is 1. The summed E-state index contributed by atoms with van der Waals surface area (Å²) < 4.78 is 20.8. The lowest BCUT2D eigenvalue weighted by atomic mass is 10.2. The molecule has 1 N–H and O–H groups in total. The van der Waals surface area contributed by atoms with E-state index in [2.05, 4.69) is 20.5 Å². The van der Waals surface area contributed by atoms with Gasteiger partial charge in [0.05, 0.1) is 0 Å². The minimum absolute atomic E-state index is 0. The Kier molecular flexibility index (Phi) is 11.0. The Balaban J connectivity index is 0.00000392. The van der Waals surface area contributed by atoms with Crippen molar-refractivity contribution in [3.8, 4) is 0 Å². The predicted molar refractivity (Wildman–Crippen MR) is 119 cm³/mol. The second-order valence-electron chi connectivity index (χ2n) is 6.33. The SMILES string of the molecule is CCOCCCNC(=NCc1nnc(C)n1C)N(C)Cc1cccc(F)c1.I. The molecule has 0 spiro atoms. The Hall–Kier alpha value is -1.75. The van der Waals surface area contributed by atoms with Crippen molar-refractivity contribution in [3.63, 3.8) is 0 Å². The molecule has 0 fully saturated rings. The molecule has 1 aromatic heterocycles. The van der Waals surface area contributed by atoms with Gasteiger partial charge in [-0.1, -0.05) is 12.1 Å². The summed E-state index contributed by atoms with van der Waals surface area (Å²) in [5.74, 6) is 2.13. The minimum atomic E-state index is -0.237. The van der Waals surface area contributed by atoms with Gasteiger partial charge in [-0.15, -0.1) is 34.2 Å². The first-order chi connectivity index (χ1) is 13.0. The van der Waals surface area contributed by atoms with Crippen molar-refractivity contribution in [3.05, 3.63) is 47.3 Å². The number of guanidine groups is 1. The van der Waals surface area contributed by atoms with Gasteiger partial charge in [0.15, 0.2) is 11.8 Å². The molecule has 7 nitrogen and oxygen atoms in total. The van der Waals surface area contributed by atoms with Gasteiger partial charge < -0.3 is 19.5 Å². The van der Waals surface area contributed by atoms with Crippen molar-refractivity contribution in [2.75, 3.05) is 26.8 Å². The molecule has 2 aromatic rings. The number of rotatable bonds is 9. The average molecular weight is 504 g/mol. The zero-order valence-electron chi connectivity index (χ0n) is 17.0. The summed E-state index contributed by atoms with van der Waals surface area (Å²) in [6.45, 7) is 7.01. The van der Waals surface area contributed by atoms with E-state index in [9.17, 15) is 4.39 Å². The number of benzene rings is 1. The third-order valence-corrected chi connectivity index (χ3v) is 4.18. The molecule has 9 heteroatoms. The van der Waals surface area contributed by atoms with Crippen molar-refractivity contribution >= 4 is 29.9 Å². The molecule has 28 heavy (non-hydrogen) atoms. The first-order valence-electron chi connectivity index (χ1n) is 9.17. The topological polar surface area (TPSA) is 67.6 Å². The van der Waals surface area contributed by atoms with Crippen LogP contribution in [0.3, 0.4) is 0 Å². The van der Waals surface area contributed by atoms with E-state index in [1.165, 1.54) is 12.1 Å². The fraction of sp³-hybridized carbons (Fsp3) is 0.526. The maximum atomic E-state index is 13.5. The summed E-state index contributed by atoms with van der Waals surface area (Å²) in [6, 6.07) is 6.60. The smallest absolute Gasteiger partial charge is 0.194 e. The lowest BCUT2D eigenvalue weighted by Gasteiger charge is -2.22. The van der Waals surface area contributed by atoms with Crippen molar-refractivity contribution in [2.24, 2.45) is 12.0 Å². The number of hydrogen-bond donors (Lipinski definition) is 1. The summed E-state index contributed by atoms with van der Waals surface area (Å²) in [7, 11) is 3.85. The zero-order chi connectivity index (χ0) is 19.6. The number of nitrogens with one attached hydrogen (secondary N) is 1. The van der Waals surface area contributed by atoms with E-state index in [0.29, 0.717) is 26.3 Å². The van der Waals surface area contributed by atoms with E-state index >= 15 is 0 Å². The fourth-order valence-electron chi connectivity index (χ4n) is 2.55. The molecule has 2 rings (SSSR count). The standard InChI is InChI=1S/C19H29FN6O.HI/c1-5-27-11-7-10-21-19(22-13-18-24-23-15(2)26(18)4)25(3)14-16-8-6-9-17(20)12-16;/h6,8-9,12H,5,7,10-11,13-14H2,1-4H3,(H,21,22);1H. The van der Waals surface area contributed by atoms with Crippen molar-refractivity contribution in [1.82, 2.24) is 25.0 Å². The van der Waals surface area contributed by atoms with Gasteiger partial charge in [0, 0.05) is 40.4 Å². The fourth-order valence-corrected chi connectivity index (χ4v) is 2.55. The van der Waals surface area contributed by atoms with E-state index in [1.807, 2.05) is 43.5 Å². The highest BCUT2D eigenvalue weighted by Gasteiger charge is 2.10. The normalized spacial score (nSPS) is 11.2. The van der Waals surface area contributed by atoms with Crippen molar-refractivity contribution < 1.29 is 9.13 Å². The van der Waals surface area contributed by atoms with E-state index in [4.69, 9.17) is 4.74 Å². The van der Waals surface area contributed by atoms with Gasteiger partial charge in [0.2, 0.25) is 0 Å². The van der Waals surface area contributed by atoms with Crippen LogP contribution in [0.4, 0.5) is 4.39 Å². The van der Waals surface area contributed by atoms with Crippen molar-refractivity contribution in [2.45, 2.75) is 33.4 Å². The number of aryl methyl sites for hydroxylation is 1. The molecule has 0 saturated carbocycles. The third kappa shape index (κ3) is 7.70. The van der Waals surface area contributed by atoms with Crippen LogP contribution in [0.2, 0.25) is 0 Å². The summed E-state index contributed by atoms with van der Waals surface area (Å²) in [5, 5.41) is 11.6. The van der Waals surface area contributed by atoms with Gasteiger partial charge >= 0.3 is 0 Å². The molecule has 0 aliphatic heterocycles. The number of nitrogens with zero attached hydrogens (tertiary/aromatic N) is 5. The summed E-state index contributed by atoms with van der Waals surface area (Å²) >= 11 is 0. The average Bonchev–Trinajstić information content (AvgIpc) is 2.96. The van der Waals surface area contributed by atoms with Gasteiger partial charge in [-0.2, -0.15) is 0 Å². The van der Waals surface area contributed by atoms with Crippen LogP contribution in [0.15, 0.2) is 29.3 Å². The van der Waals surface area contributed by atoms with Crippen LogP contribution in [0, 0.1) is 12.7 Å². The molecule has 0 bridgehead atoms. The highest BCUT2D eigenvalue weighted by atomic mass is 127. The molecule has 0 aliphatic rings. The Labute approximate surface area is 183 Å². The Morgan fingerprint density at radius 2 is 2.14 bits per heavy atom. The molecule has 0 radical (unpaired) electrons. The highest BCUT2D eigenvalue weighted by molar-refractivity contribution is 14.0. The zero-order valence-corrected chi connectivity index (χ0v) is 19.3. The molecule has 1 aromatic carbocycles. The van der Waals surface area contributed by atoms with E-state index < -0.39 is 0 Å². The van der Waals surface area contributed by atoms with Gasteiger partial charge in [0.1, 0.15) is 18.2 Å². The first kappa shape index (κ1) is 24.3. The predicted octanol–water partition coefficient (Wildman–Crippen LogP) is 2.88. The first-order valence-corrected chi connectivity index (χ1v) is 9.17. The second-order valence-corrected chi connectivity index (χ2v) is 6.33. The maximum absolute atomic E-state index is 13.5. The minimum Gasteiger partial charge on any atom is -0.382 e. The van der Waals surface area contributed by atoms with E-state index in [1.54, 1.807) is 6.07 Å². The molecule has 0 atom stereocenters. The molecule has 0 saturated heterocycles. The molecular formula is C19H30FIN6O. The lowest BCUT2D eigenvalue weighted by Crippen LogP contribution is -2.39. The molecule has 0 unspecified atom stereocenters. The molecular weight excluding hydrogens is 474 g/mol. The Morgan fingerprint density at radius 1 is 1.36 bits per heavy atom. The van der Waals surface area contributed by atoms with Crippen LogP contribution in [0.25, 0.3) is 0 Å². The molecule has 0 aliphatic carbocycles. The third-order valence-electron chi connectivity index (χ3n) is 4.18. The number of halogens is 2. The Morgan fingerprint density at radius 3 is 2.79 bits per heavy atom. The monoisotopic (exact) mass is 504 g/mol. The highest BCUT2D eigenvalue weighted by Crippen LogP contribution is 2.07. The van der Waals surface area contributed by atoms with Crippen LogP contribution >= 0.6 is 24.0 Å². The van der Waals surface area contributed by atoms with E-state index in [-0.39, 0.29) is 29.8 Å². The van der Waals surface area contributed by atoms with Crippen LogP contribution in [0.5, 0.6) is 0 Å². The summed E-state index contributed by atoms with van der Waals surface area (Å²) in [6.07, 6.45) is 0.879. The molecule has 1 heterocycles. The second kappa shape index (κ2) is 12.7. The molecule has 156 valence electrons.